The van der Waals surface area contributed by atoms with Crippen LogP contribution in [0.15, 0.2) is 121 Å². The molecule has 0 aromatic heterocycles. The highest BCUT2D eigenvalue weighted by Gasteiger charge is 2.47. The Bertz CT molecular complexity index is 953. The Labute approximate surface area is 185 Å². The average molecular weight is 426 g/mol. The highest BCUT2D eigenvalue weighted by molar-refractivity contribution is 7.96. The van der Waals surface area contributed by atoms with Gasteiger partial charge < -0.3 is 5.11 Å². The molecule has 3 heteroatoms. The Morgan fingerprint density at radius 2 is 0.903 bits per heavy atom. The van der Waals surface area contributed by atoms with Crippen LogP contribution in [-0.2, 0) is 0 Å². The summed E-state index contributed by atoms with van der Waals surface area (Å²) in [6.45, 7) is 1.57. The van der Waals surface area contributed by atoms with Gasteiger partial charge in [-0.05, 0) is 36.4 Å². The molecule has 0 atom stereocenters. The van der Waals surface area contributed by atoms with Gasteiger partial charge >= 0.3 is 0 Å². The average Bonchev–Trinajstić information content (AvgIpc) is 2.85. The van der Waals surface area contributed by atoms with Crippen molar-refractivity contribution in [3.05, 3.63) is 127 Å². The lowest BCUT2D eigenvalue weighted by Crippen LogP contribution is -2.35. The topological polar surface area (TPSA) is 40.1 Å². The van der Waals surface area contributed by atoms with Crippen LogP contribution in [0.2, 0.25) is 0 Å². The molecule has 2 nitrogen and oxygen atoms in total. The summed E-state index contributed by atoms with van der Waals surface area (Å²) < 4.78 is 0. The molecule has 0 aliphatic heterocycles. The molecule has 0 N–H and O–H groups in total. The van der Waals surface area contributed by atoms with E-state index in [1.165, 1.54) is 15.9 Å². The minimum Gasteiger partial charge on any atom is -0.855 e. The van der Waals surface area contributed by atoms with Gasteiger partial charge in [0, 0.05) is 5.56 Å². The Balaban J connectivity index is 0.000000858. The molecule has 4 rings (SSSR count). The maximum Gasteiger partial charge on any atom is 0.201 e. The van der Waals surface area contributed by atoms with Crippen LogP contribution in [0.1, 0.15) is 17.3 Å². The van der Waals surface area contributed by atoms with E-state index < -0.39 is 7.26 Å². The number of carbonyl (C=O) groups excluding carboxylic acids is 1. The van der Waals surface area contributed by atoms with E-state index in [1.807, 2.05) is 48.5 Å². The second-order valence-corrected chi connectivity index (χ2v) is 10.5. The van der Waals surface area contributed by atoms with Crippen molar-refractivity contribution in [1.82, 2.24) is 0 Å². The van der Waals surface area contributed by atoms with E-state index in [9.17, 15) is 4.79 Å². The van der Waals surface area contributed by atoms with Crippen molar-refractivity contribution >= 4 is 29.0 Å². The third-order valence-corrected chi connectivity index (χ3v) is 9.37. The van der Waals surface area contributed by atoms with Crippen molar-refractivity contribution in [2.24, 2.45) is 0 Å². The van der Waals surface area contributed by atoms with Crippen LogP contribution in [0.3, 0.4) is 0 Å². The molecule has 0 amide bonds. The SMILES string of the molecule is CC[O-].O=C(C[P+](c1ccccc1)(c1ccccc1)c1ccccc1)c1ccccc1. The molecule has 0 heterocycles. The van der Waals surface area contributed by atoms with Crippen molar-refractivity contribution in [1.29, 1.82) is 0 Å². The van der Waals surface area contributed by atoms with Gasteiger partial charge in [0.2, 0.25) is 5.78 Å². The van der Waals surface area contributed by atoms with Gasteiger partial charge in [-0.15, -0.1) is 6.61 Å². The van der Waals surface area contributed by atoms with Gasteiger partial charge in [0.05, 0.1) is 0 Å². The second kappa shape index (κ2) is 11.4. The lowest BCUT2D eigenvalue weighted by molar-refractivity contribution is -0.361. The zero-order chi connectivity index (χ0) is 21.9. The van der Waals surface area contributed by atoms with Crippen LogP contribution < -0.4 is 21.0 Å². The van der Waals surface area contributed by atoms with E-state index in [4.69, 9.17) is 5.11 Å². The molecule has 0 saturated carbocycles. The molecule has 0 unspecified atom stereocenters. The maximum absolute atomic E-state index is 13.4. The molecule has 31 heavy (non-hydrogen) atoms. The number of ketones is 1. The summed E-state index contributed by atoms with van der Waals surface area (Å²) in [6, 6.07) is 41.2. The Kier molecular flexibility index (Phi) is 8.29. The number of hydrogen-bond acceptors (Lipinski definition) is 2. The molecule has 0 saturated heterocycles. The fourth-order valence-corrected chi connectivity index (χ4v) is 7.80. The molecule has 4 aromatic rings. The standard InChI is InChI=1S/C26H22OP.C2H5O/c27-26(22-13-5-1-6-14-22)21-28(23-15-7-2-8-16-23,24-17-9-3-10-18-24)25-19-11-4-12-20-25;1-2-3/h1-20H,21H2;2H2,1H3/q+1;-1. The van der Waals surface area contributed by atoms with Crippen molar-refractivity contribution in [2.75, 3.05) is 12.8 Å². The third kappa shape index (κ3) is 5.35. The van der Waals surface area contributed by atoms with Gasteiger partial charge in [-0.25, -0.2) is 0 Å². The van der Waals surface area contributed by atoms with Gasteiger partial charge in [-0.1, -0.05) is 91.9 Å². The molecule has 0 bridgehead atoms. The first-order valence-corrected chi connectivity index (χ1v) is 12.4. The van der Waals surface area contributed by atoms with Gasteiger partial charge in [-0.2, -0.15) is 0 Å². The summed E-state index contributed by atoms with van der Waals surface area (Å²) >= 11 is 0. The summed E-state index contributed by atoms with van der Waals surface area (Å²) in [4.78, 5) is 13.4. The molecule has 0 aliphatic rings. The Morgan fingerprint density at radius 1 is 0.613 bits per heavy atom. The second-order valence-electron chi connectivity index (χ2n) is 7.05. The van der Waals surface area contributed by atoms with E-state index >= 15 is 0 Å². The highest BCUT2D eigenvalue weighted by Crippen LogP contribution is 2.55. The van der Waals surface area contributed by atoms with Gasteiger partial charge in [0.15, 0.2) is 0 Å². The minimum absolute atomic E-state index is 0. The normalized spacial score (nSPS) is 10.6. The van der Waals surface area contributed by atoms with Crippen molar-refractivity contribution < 1.29 is 9.90 Å². The molecular formula is C28H27O2P. The quantitative estimate of drug-likeness (QED) is 0.342. The number of rotatable bonds is 6. The molecule has 0 aliphatic carbocycles. The van der Waals surface area contributed by atoms with E-state index in [-0.39, 0.29) is 12.4 Å². The minimum atomic E-state index is -2.12. The van der Waals surface area contributed by atoms with Crippen LogP contribution in [0, 0.1) is 0 Å². The van der Waals surface area contributed by atoms with Crippen LogP contribution >= 0.6 is 7.26 Å². The molecule has 0 fully saturated rings. The molecule has 4 aromatic carbocycles. The molecule has 0 spiro atoms. The van der Waals surface area contributed by atoms with Crippen LogP contribution in [0.4, 0.5) is 0 Å². The van der Waals surface area contributed by atoms with Crippen molar-refractivity contribution in [2.45, 2.75) is 6.92 Å². The summed E-state index contributed by atoms with van der Waals surface area (Å²) in [5.41, 5.74) is 0.773. The van der Waals surface area contributed by atoms with Gasteiger partial charge in [-0.3, -0.25) is 4.79 Å². The summed E-state index contributed by atoms with van der Waals surface area (Å²) in [6.07, 6.45) is 0.481. The van der Waals surface area contributed by atoms with Crippen LogP contribution in [0.5, 0.6) is 0 Å². The molecule has 0 radical (unpaired) electrons. The summed E-state index contributed by atoms with van der Waals surface area (Å²) in [7, 11) is -2.12. The van der Waals surface area contributed by atoms with E-state index in [0.29, 0.717) is 6.16 Å². The third-order valence-electron chi connectivity index (χ3n) is 5.07. The largest absolute Gasteiger partial charge is 0.855 e. The number of Topliss-reactive ketones (excluding diaryl/α,β-unsaturated/α-hetero) is 1. The summed E-state index contributed by atoms with van der Waals surface area (Å²) in [5.74, 6) is 0.186. The smallest absolute Gasteiger partial charge is 0.201 e. The van der Waals surface area contributed by atoms with Gasteiger partial charge in [0.25, 0.3) is 0 Å². The molecular weight excluding hydrogens is 399 g/mol. The Hall–Kier alpha value is -3.06. The fraction of sp³-hybridized carbons (Fsp3) is 0.107. The molecule has 156 valence electrons. The number of benzene rings is 4. The first-order chi connectivity index (χ1) is 15.2. The lowest BCUT2D eigenvalue weighted by Gasteiger charge is -2.27. The van der Waals surface area contributed by atoms with Gasteiger partial charge in [0.1, 0.15) is 29.3 Å². The maximum atomic E-state index is 13.4. The number of hydrogen-bond donors (Lipinski definition) is 0. The predicted octanol–water partition coefficient (Wildman–Crippen LogP) is 4.23. The first kappa shape index (κ1) is 22.6. The first-order valence-electron chi connectivity index (χ1n) is 10.4. The zero-order valence-corrected chi connectivity index (χ0v) is 18.6. The lowest BCUT2D eigenvalue weighted by atomic mass is 10.2. The van der Waals surface area contributed by atoms with E-state index in [2.05, 4.69) is 72.8 Å². The monoisotopic (exact) mass is 426 g/mol. The van der Waals surface area contributed by atoms with Crippen molar-refractivity contribution in [3.8, 4) is 0 Å². The summed E-state index contributed by atoms with van der Waals surface area (Å²) in [5, 5.41) is 12.6. The zero-order valence-electron chi connectivity index (χ0n) is 17.7. The Morgan fingerprint density at radius 3 is 1.23 bits per heavy atom. The van der Waals surface area contributed by atoms with Crippen LogP contribution in [0.25, 0.3) is 0 Å². The number of carbonyl (C=O) groups is 1. The highest BCUT2D eigenvalue weighted by atomic mass is 31.2. The fourth-order valence-electron chi connectivity index (χ4n) is 3.70. The van der Waals surface area contributed by atoms with Crippen LogP contribution in [-0.4, -0.2) is 18.6 Å². The van der Waals surface area contributed by atoms with E-state index in [1.54, 1.807) is 6.92 Å². The van der Waals surface area contributed by atoms with E-state index in [0.717, 1.165) is 5.56 Å². The van der Waals surface area contributed by atoms with Crippen molar-refractivity contribution in [3.63, 3.8) is 0 Å². The predicted molar refractivity (Wildman–Crippen MR) is 131 cm³/mol.